The largest absolute Gasteiger partial charge is 0.312 e. The van der Waals surface area contributed by atoms with Crippen molar-refractivity contribution in [2.45, 2.75) is 11.3 Å². The molecule has 0 radical (unpaired) electrons. The number of benzene rings is 1. The minimum atomic E-state index is 0.196. The van der Waals surface area contributed by atoms with Crippen LogP contribution in [0.5, 0.6) is 0 Å². The Balaban J connectivity index is 2.17. The van der Waals surface area contributed by atoms with Crippen molar-refractivity contribution in [3.8, 4) is 0 Å². The van der Waals surface area contributed by atoms with E-state index in [4.69, 9.17) is 0 Å². The summed E-state index contributed by atoms with van der Waals surface area (Å²) in [5.74, 6) is 0.495. The molecule has 2 nitrogen and oxygen atoms in total. The third-order valence-corrected chi connectivity index (χ3v) is 3.62. The molecular formula is C13H15NOS. The molecule has 1 fully saturated rings. The SMILES string of the molecule is C=CC1CC(=O)N(c2ccc(SC)cc2)C1. The molecule has 1 aromatic rings. The third kappa shape index (κ3) is 2.14. The first-order valence-electron chi connectivity index (χ1n) is 5.31. The van der Waals surface area contributed by atoms with Crippen LogP contribution in [0.15, 0.2) is 41.8 Å². The van der Waals surface area contributed by atoms with Crippen LogP contribution in [0, 0.1) is 5.92 Å². The summed E-state index contributed by atoms with van der Waals surface area (Å²) in [7, 11) is 0. The number of hydrogen-bond acceptors (Lipinski definition) is 2. The summed E-state index contributed by atoms with van der Waals surface area (Å²) >= 11 is 1.71. The van der Waals surface area contributed by atoms with E-state index in [1.807, 2.05) is 29.4 Å². The van der Waals surface area contributed by atoms with Crippen molar-refractivity contribution in [1.29, 1.82) is 0 Å². The third-order valence-electron chi connectivity index (χ3n) is 2.87. The molecule has 16 heavy (non-hydrogen) atoms. The zero-order valence-electron chi connectivity index (χ0n) is 9.35. The van der Waals surface area contributed by atoms with E-state index in [0.717, 1.165) is 12.2 Å². The number of nitrogens with zero attached hydrogens (tertiary/aromatic N) is 1. The first-order valence-corrected chi connectivity index (χ1v) is 6.54. The Morgan fingerprint density at radius 1 is 1.44 bits per heavy atom. The lowest BCUT2D eigenvalue weighted by molar-refractivity contribution is -0.117. The topological polar surface area (TPSA) is 20.3 Å². The summed E-state index contributed by atoms with van der Waals surface area (Å²) in [5, 5.41) is 0. The van der Waals surface area contributed by atoms with Crippen LogP contribution in [0.2, 0.25) is 0 Å². The average Bonchev–Trinajstić information content (AvgIpc) is 2.71. The second-order valence-corrected chi connectivity index (χ2v) is 4.78. The van der Waals surface area contributed by atoms with Gasteiger partial charge in [-0.3, -0.25) is 4.79 Å². The molecule has 0 spiro atoms. The summed E-state index contributed by atoms with van der Waals surface area (Å²) in [6, 6.07) is 8.12. The minimum Gasteiger partial charge on any atom is -0.312 e. The maximum Gasteiger partial charge on any atom is 0.227 e. The van der Waals surface area contributed by atoms with Crippen LogP contribution in [0.4, 0.5) is 5.69 Å². The van der Waals surface area contributed by atoms with Crippen molar-refractivity contribution in [2.75, 3.05) is 17.7 Å². The molecule has 0 saturated carbocycles. The highest BCUT2D eigenvalue weighted by atomic mass is 32.2. The molecule has 1 amide bonds. The van der Waals surface area contributed by atoms with Crippen LogP contribution in [0.1, 0.15) is 6.42 Å². The Labute approximate surface area is 100 Å². The van der Waals surface area contributed by atoms with Crippen molar-refractivity contribution in [1.82, 2.24) is 0 Å². The van der Waals surface area contributed by atoms with Crippen molar-refractivity contribution in [3.63, 3.8) is 0 Å². The van der Waals surface area contributed by atoms with Gasteiger partial charge >= 0.3 is 0 Å². The summed E-state index contributed by atoms with van der Waals surface area (Å²) in [6.45, 7) is 4.52. The van der Waals surface area contributed by atoms with E-state index >= 15 is 0 Å². The van der Waals surface area contributed by atoms with Gasteiger partial charge in [0.05, 0.1) is 0 Å². The van der Waals surface area contributed by atoms with Crippen molar-refractivity contribution < 1.29 is 4.79 Å². The van der Waals surface area contributed by atoms with Crippen molar-refractivity contribution in [2.24, 2.45) is 5.92 Å². The van der Waals surface area contributed by atoms with Gasteiger partial charge in [0.2, 0.25) is 5.91 Å². The number of rotatable bonds is 3. The van der Waals surface area contributed by atoms with Crippen LogP contribution in [0.3, 0.4) is 0 Å². The van der Waals surface area contributed by atoms with Gasteiger partial charge in [-0.25, -0.2) is 0 Å². The van der Waals surface area contributed by atoms with Gasteiger partial charge in [0.1, 0.15) is 0 Å². The molecule has 0 bridgehead atoms. The standard InChI is InChI=1S/C13H15NOS/c1-3-10-8-13(15)14(9-10)11-4-6-12(16-2)7-5-11/h3-7,10H,1,8-9H2,2H3. The average molecular weight is 233 g/mol. The first kappa shape index (κ1) is 11.3. The minimum absolute atomic E-state index is 0.196. The zero-order chi connectivity index (χ0) is 11.5. The van der Waals surface area contributed by atoms with Crippen LogP contribution in [-0.2, 0) is 4.79 Å². The molecule has 0 aliphatic carbocycles. The van der Waals surface area contributed by atoms with Gasteiger partial charge in [0.25, 0.3) is 0 Å². The molecule has 1 saturated heterocycles. The molecule has 1 atom stereocenters. The molecule has 1 heterocycles. The lowest BCUT2D eigenvalue weighted by atomic mass is 10.1. The Morgan fingerprint density at radius 3 is 2.62 bits per heavy atom. The molecule has 3 heteroatoms. The van der Waals surface area contributed by atoms with Gasteiger partial charge in [-0.1, -0.05) is 6.08 Å². The summed E-state index contributed by atoms with van der Waals surface area (Å²) in [5.41, 5.74) is 0.993. The smallest absolute Gasteiger partial charge is 0.227 e. The lowest BCUT2D eigenvalue weighted by Gasteiger charge is -2.16. The van der Waals surface area contributed by atoms with Gasteiger partial charge < -0.3 is 4.90 Å². The van der Waals surface area contributed by atoms with Crippen LogP contribution in [-0.4, -0.2) is 18.7 Å². The predicted molar refractivity (Wildman–Crippen MR) is 68.9 cm³/mol. The van der Waals surface area contributed by atoms with E-state index in [9.17, 15) is 4.79 Å². The van der Waals surface area contributed by atoms with Gasteiger partial charge in [0.15, 0.2) is 0 Å². The predicted octanol–water partition coefficient (Wildman–Crippen LogP) is 2.95. The Hall–Kier alpha value is -1.22. The molecule has 1 aromatic carbocycles. The van der Waals surface area contributed by atoms with E-state index in [2.05, 4.69) is 18.7 Å². The van der Waals surface area contributed by atoms with Crippen LogP contribution in [0.25, 0.3) is 0 Å². The van der Waals surface area contributed by atoms with Crippen LogP contribution >= 0.6 is 11.8 Å². The Bertz CT molecular complexity index is 399. The van der Waals surface area contributed by atoms with E-state index in [-0.39, 0.29) is 5.91 Å². The lowest BCUT2D eigenvalue weighted by Crippen LogP contribution is -2.24. The normalized spacial score (nSPS) is 20.2. The summed E-state index contributed by atoms with van der Waals surface area (Å²) in [4.78, 5) is 14.8. The van der Waals surface area contributed by atoms with Gasteiger partial charge in [-0.15, -0.1) is 18.3 Å². The summed E-state index contributed by atoms with van der Waals surface area (Å²) in [6.07, 6.45) is 4.51. The molecule has 1 aliphatic heterocycles. The number of amides is 1. The molecule has 1 aliphatic rings. The second-order valence-electron chi connectivity index (χ2n) is 3.90. The maximum absolute atomic E-state index is 11.8. The second kappa shape index (κ2) is 4.74. The highest BCUT2D eigenvalue weighted by molar-refractivity contribution is 7.98. The van der Waals surface area contributed by atoms with Gasteiger partial charge in [0, 0.05) is 29.5 Å². The highest BCUT2D eigenvalue weighted by Crippen LogP contribution is 2.27. The zero-order valence-corrected chi connectivity index (χ0v) is 10.2. The molecule has 1 unspecified atom stereocenters. The number of anilines is 1. The fourth-order valence-electron chi connectivity index (χ4n) is 1.90. The Kier molecular flexibility index (Phi) is 3.34. The number of carbonyl (C=O) groups is 1. The fourth-order valence-corrected chi connectivity index (χ4v) is 2.31. The monoisotopic (exact) mass is 233 g/mol. The maximum atomic E-state index is 11.8. The fraction of sp³-hybridized carbons (Fsp3) is 0.308. The van der Waals surface area contributed by atoms with E-state index in [1.165, 1.54) is 4.90 Å². The van der Waals surface area contributed by atoms with E-state index in [0.29, 0.717) is 12.3 Å². The van der Waals surface area contributed by atoms with Gasteiger partial charge in [-0.05, 0) is 30.5 Å². The number of thioether (sulfide) groups is 1. The van der Waals surface area contributed by atoms with Crippen LogP contribution < -0.4 is 4.90 Å². The molecule has 2 rings (SSSR count). The summed E-state index contributed by atoms with van der Waals surface area (Å²) < 4.78 is 0. The van der Waals surface area contributed by atoms with E-state index in [1.54, 1.807) is 11.8 Å². The van der Waals surface area contributed by atoms with Crippen molar-refractivity contribution >= 4 is 23.4 Å². The molecule has 84 valence electrons. The van der Waals surface area contributed by atoms with Crippen molar-refractivity contribution in [3.05, 3.63) is 36.9 Å². The molecule has 0 N–H and O–H groups in total. The highest BCUT2D eigenvalue weighted by Gasteiger charge is 2.28. The Morgan fingerprint density at radius 2 is 2.12 bits per heavy atom. The van der Waals surface area contributed by atoms with Gasteiger partial charge in [-0.2, -0.15) is 0 Å². The van der Waals surface area contributed by atoms with E-state index < -0.39 is 0 Å². The number of hydrogen-bond donors (Lipinski definition) is 0. The first-order chi connectivity index (χ1) is 7.74. The molecular weight excluding hydrogens is 218 g/mol. The number of carbonyl (C=O) groups excluding carboxylic acids is 1. The molecule has 0 aromatic heterocycles. The quantitative estimate of drug-likeness (QED) is 0.591.